The lowest BCUT2D eigenvalue weighted by atomic mass is 10.1. The van der Waals surface area contributed by atoms with E-state index in [0.29, 0.717) is 5.69 Å². The summed E-state index contributed by atoms with van der Waals surface area (Å²) >= 11 is 0. The van der Waals surface area contributed by atoms with E-state index in [0.717, 1.165) is 21.5 Å². The van der Waals surface area contributed by atoms with E-state index in [1.807, 2.05) is 26.2 Å². The first-order valence-electron chi connectivity index (χ1n) is 6.36. The van der Waals surface area contributed by atoms with Crippen LogP contribution in [0.3, 0.4) is 0 Å². The Hall–Kier alpha value is -2.43. The molecule has 5 nitrogen and oxygen atoms in total. The first-order chi connectivity index (χ1) is 9.47. The Morgan fingerprint density at radius 2 is 1.45 bits per heavy atom. The molecule has 0 aliphatic heterocycles. The second kappa shape index (κ2) is 5.69. The summed E-state index contributed by atoms with van der Waals surface area (Å²) in [5.41, 5.74) is 4.99. The molecule has 20 heavy (non-hydrogen) atoms. The minimum atomic E-state index is 0.657. The summed E-state index contributed by atoms with van der Waals surface area (Å²) in [4.78, 5) is 2.09. The molecule has 1 heterocycles. The Labute approximate surface area is 118 Å². The van der Waals surface area contributed by atoms with Crippen molar-refractivity contribution in [2.75, 3.05) is 19.0 Å². The maximum absolute atomic E-state index is 10.9. The molecule has 0 atom stereocenters. The predicted octanol–water partition coefficient (Wildman–Crippen LogP) is 3.42. The molecule has 2 rings (SSSR count). The highest BCUT2D eigenvalue weighted by Gasteiger charge is 2.06. The fourth-order valence-electron chi connectivity index (χ4n) is 2.28. The molecule has 0 bridgehead atoms. The lowest BCUT2D eigenvalue weighted by Gasteiger charge is -2.18. The summed E-state index contributed by atoms with van der Waals surface area (Å²) in [6.45, 7) is 4.12. The highest BCUT2D eigenvalue weighted by molar-refractivity contribution is 5.63. The van der Waals surface area contributed by atoms with Crippen LogP contribution in [0.5, 0.6) is 0 Å². The van der Waals surface area contributed by atoms with Crippen LogP contribution in [0.1, 0.15) is 11.1 Å². The van der Waals surface area contributed by atoms with Gasteiger partial charge in [0.1, 0.15) is 0 Å². The van der Waals surface area contributed by atoms with Crippen molar-refractivity contribution in [3.8, 4) is 0 Å². The Morgan fingerprint density at radius 3 is 1.95 bits per heavy atom. The number of nitrogens with zero attached hydrogens (tertiary/aromatic N) is 4. The van der Waals surface area contributed by atoms with Crippen LogP contribution in [0.25, 0.3) is 0 Å². The van der Waals surface area contributed by atoms with Crippen LogP contribution in [-0.4, -0.2) is 14.1 Å². The smallest absolute Gasteiger partial charge is 0.182 e. The van der Waals surface area contributed by atoms with E-state index in [2.05, 4.69) is 29.0 Å². The van der Waals surface area contributed by atoms with Gasteiger partial charge in [0.05, 0.1) is 11.4 Å². The summed E-state index contributed by atoms with van der Waals surface area (Å²) in [6, 6.07) is 7.26. The largest absolute Gasteiger partial charge is 0.619 e. The molecule has 104 valence electrons. The molecule has 0 unspecified atom stereocenters. The van der Waals surface area contributed by atoms with E-state index in [1.54, 1.807) is 12.1 Å². The molecule has 0 radical (unpaired) electrons. The molecule has 1 aromatic carbocycles. The van der Waals surface area contributed by atoms with Gasteiger partial charge in [-0.05, 0) is 37.1 Å². The number of benzene rings is 1. The van der Waals surface area contributed by atoms with Crippen LogP contribution in [0.4, 0.5) is 17.1 Å². The van der Waals surface area contributed by atoms with Gasteiger partial charge in [-0.25, -0.2) is 0 Å². The van der Waals surface area contributed by atoms with Gasteiger partial charge in [-0.1, -0.05) is 0 Å². The maximum Gasteiger partial charge on any atom is 0.182 e. The van der Waals surface area contributed by atoms with E-state index in [1.165, 1.54) is 18.1 Å². The number of azo groups is 1. The summed E-state index contributed by atoms with van der Waals surface area (Å²) in [5, 5.41) is 19.3. The Kier molecular flexibility index (Phi) is 3.98. The Balaban J connectivity index is 2.28. The van der Waals surface area contributed by atoms with Gasteiger partial charge in [-0.15, -0.1) is 0 Å². The van der Waals surface area contributed by atoms with Crippen molar-refractivity contribution in [3.63, 3.8) is 0 Å². The number of anilines is 1. The quantitative estimate of drug-likeness (QED) is 0.487. The lowest BCUT2D eigenvalue weighted by molar-refractivity contribution is -0.605. The third-order valence-electron chi connectivity index (χ3n) is 2.99. The van der Waals surface area contributed by atoms with Crippen LogP contribution < -0.4 is 9.63 Å². The zero-order chi connectivity index (χ0) is 14.7. The molecule has 0 aliphatic carbocycles. The minimum absolute atomic E-state index is 0.657. The zero-order valence-electron chi connectivity index (χ0n) is 12.2. The van der Waals surface area contributed by atoms with Crippen molar-refractivity contribution < 1.29 is 4.73 Å². The van der Waals surface area contributed by atoms with Crippen molar-refractivity contribution in [1.82, 2.24) is 0 Å². The number of pyridine rings is 1. The molecule has 2 aromatic rings. The summed E-state index contributed by atoms with van der Waals surface area (Å²) in [7, 11) is 4.05. The van der Waals surface area contributed by atoms with Gasteiger partial charge >= 0.3 is 0 Å². The number of hydrogen-bond donors (Lipinski definition) is 0. The predicted molar refractivity (Wildman–Crippen MR) is 79.8 cm³/mol. The van der Waals surface area contributed by atoms with E-state index < -0.39 is 0 Å². The number of hydrogen-bond acceptors (Lipinski definition) is 4. The van der Waals surface area contributed by atoms with Gasteiger partial charge < -0.3 is 10.1 Å². The van der Waals surface area contributed by atoms with Crippen molar-refractivity contribution in [3.05, 3.63) is 53.0 Å². The number of aromatic nitrogens is 1. The standard InChI is InChI=1S/C15H18N4O/c1-11-9-14(10-12(2)15(11)18(3)4)17-16-13-5-7-19(20)8-6-13/h5-10H,1-4H3. The molecule has 0 fully saturated rings. The molecule has 0 saturated carbocycles. The van der Waals surface area contributed by atoms with E-state index in [9.17, 15) is 5.21 Å². The molecule has 1 aromatic heterocycles. The van der Waals surface area contributed by atoms with Crippen LogP contribution in [0.15, 0.2) is 46.9 Å². The average Bonchev–Trinajstić information content (AvgIpc) is 2.37. The fraction of sp³-hybridized carbons (Fsp3) is 0.267. The molecule has 0 spiro atoms. The topological polar surface area (TPSA) is 54.9 Å². The highest BCUT2D eigenvalue weighted by Crippen LogP contribution is 2.29. The number of aryl methyl sites for hydroxylation is 2. The molecule has 0 N–H and O–H groups in total. The van der Waals surface area contributed by atoms with Gasteiger partial charge in [0.25, 0.3) is 0 Å². The van der Waals surface area contributed by atoms with Gasteiger partial charge in [-0.2, -0.15) is 15.0 Å². The van der Waals surface area contributed by atoms with Crippen molar-refractivity contribution >= 4 is 17.1 Å². The van der Waals surface area contributed by atoms with Crippen LogP contribution in [0, 0.1) is 19.1 Å². The van der Waals surface area contributed by atoms with Gasteiger partial charge in [-0.3, -0.25) is 0 Å². The van der Waals surface area contributed by atoms with Crippen LogP contribution in [0.2, 0.25) is 0 Å². The van der Waals surface area contributed by atoms with Crippen molar-refractivity contribution in [2.45, 2.75) is 13.8 Å². The second-order valence-corrected chi connectivity index (χ2v) is 4.94. The molecule has 0 amide bonds. The molecule has 5 heteroatoms. The van der Waals surface area contributed by atoms with Gasteiger partial charge in [0.15, 0.2) is 12.4 Å². The van der Waals surface area contributed by atoms with E-state index in [4.69, 9.17) is 0 Å². The number of rotatable bonds is 3. The summed E-state index contributed by atoms with van der Waals surface area (Å²) in [5.74, 6) is 0. The van der Waals surface area contributed by atoms with Crippen LogP contribution in [-0.2, 0) is 0 Å². The Bertz CT molecular complexity index is 610. The third-order valence-corrected chi connectivity index (χ3v) is 2.99. The first kappa shape index (κ1) is 14.0. The summed E-state index contributed by atoms with van der Waals surface area (Å²) in [6.07, 6.45) is 2.81. The summed E-state index contributed by atoms with van der Waals surface area (Å²) < 4.78 is 0.721. The minimum Gasteiger partial charge on any atom is -0.619 e. The van der Waals surface area contributed by atoms with Crippen molar-refractivity contribution in [1.29, 1.82) is 0 Å². The molecule has 0 aliphatic rings. The van der Waals surface area contributed by atoms with Gasteiger partial charge in [0.2, 0.25) is 0 Å². The monoisotopic (exact) mass is 270 g/mol. The first-order valence-corrected chi connectivity index (χ1v) is 6.36. The molecular weight excluding hydrogens is 252 g/mol. The second-order valence-electron chi connectivity index (χ2n) is 4.94. The lowest BCUT2D eigenvalue weighted by Crippen LogP contribution is -2.22. The third kappa shape index (κ3) is 3.12. The zero-order valence-corrected chi connectivity index (χ0v) is 12.2. The maximum atomic E-state index is 10.9. The molecule has 0 saturated heterocycles. The highest BCUT2D eigenvalue weighted by atomic mass is 16.5. The van der Waals surface area contributed by atoms with E-state index in [-0.39, 0.29) is 0 Å². The molecular formula is C15H18N4O. The average molecular weight is 270 g/mol. The normalized spacial score (nSPS) is 11.0. The fourth-order valence-corrected chi connectivity index (χ4v) is 2.28. The van der Waals surface area contributed by atoms with Crippen LogP contribution >= 0.6 is 0 Å². The van der Waals surface area contributed by atoms with Gasteiger partial charge in [0, 0.05) is 31.9 Å². The Morgan fingerprint density at radius 1 is 0.950 bits per heavy atom. The van der Waals surface area contributed by atoms with E-state index >= 15 is 0 Å². The van der Waals surface area contributed by atoms with Crippen molar-refractivity contribution in [2.24, 2.45) is 10.2 Å². The SMILES string of the molecule is Cc1cc(N=Nc2cc[n+]([O-])cc2)cc(C)c1N(C)C.